The average molecular weight is 258 g/mol. The predicted octanol–water partition coefficient (Wildman–Crippen LogP) is 3.59. The van der Waals surface area contributed by atoms with Crippen LogP contribution in [0.4, 0.5) is 0 Å². The van der Waals surface area contributed by atoms with Crippen LogP contribution in [0.3, 0.4) is 0 Å². The van der Waals surface area contributed by atoms with E-state index in [0.29, 0.717) is 5.56 Å². The molecule has 0 N–H and O–H groups in total. The van der Waals surface area contributed by atoms with Crippen LogP contribution < -0.4 is 0 Å². The lowest BCUT2D eigenvalue weighted by Crippen LogP contribution is -1.99. The summed E-state index contributed by atoms with van der Waals surface area (Å²) in [6.45, 7) is 1.85. The minimum Gasteiger partial charge on any atom is -0.391 e. The van der Waals surface area contributed by atoms with Gasteiger partial charge >= 0.3 is 5.97 Å². The van der Waals surface area contributed by atoms with E-state index in [0.717, 1.165) is 5.56 Å². The highest BCUT2D eigenvalue weighted by molar-refractivity contribution is 7.75. The van der Waals surface area contributed by atoms with Crippen molar-refractivity contribution < 1.29 is 8.98 Å². The van der Waals surface area contributed by atoms with Crippen molar-refractivity contribution in [2.24, 2.45) is 0 Å². The van der Waals surface area contributed by atoms with Crippen LogP contribution in [0.2, 0.25) is 0 Å². The third-order valence-electron chi connectivity index (χ3n) is 2.82. The van der Waals surface area contributed by atoms with E-state index in [2.05, 4.69) is 41.4 Å². The van der Waals surface area contributed by atoms with Gasteiger partial charge in [0.1, 0.15) is 0 Å². The van der Waals surface area contributed by atoms with Crippen molar-refractivity contribution in [1.29, 1.82) is 0 Å². The Morgan fingerprint density at radius 2 is 1.61 bits per heavy atom. The van der Waals surface area contributed by atoms with Gasteiger partial charge in [-0.1, -0.05) is 42.5 Å². The van der Waals surface area contributed by atoms with Gasteiger partial charge in [-0.2, -0.15) is 0 Å². The van der Waals surface area contributed by atoms with E-state index >= 15 is 0 Å². The molecular weight excluding hydrogens is 244 g/mol. The normalized spacial score (nSPS) is 10.8. The summed E-state index contributed by atoms with van der Waals surface area (Å²) in [5.74, 6) is -0.411. The van der Waals surface area contributed by atoms with Crippen LogP contribution in [0.1, 0.15) is 27.0 Å². The molecule has 18 heavy (non-hydrogen) atoms. The van der Waals surface area contributed by atoms with E-state index in [1.165, 1.54) is 17.5 Å². The molecule has 0 saturated heterocycles. The highest BCUT2D eigenvalue weighted by atomic mass is 32.1. The minimum atomic E-state index is -0.411. The summed E-state index contributed by atoms with van der Waals surface area (Å²) < 4.78 is 4.27. The quantitative estimate of drug-likeness (QED) is 0.533. The zero-order valence-electron chi connectivity index (χ0n) is 10.1. The molecule has 0 amide bonds. The first kappa shape index (κ1) is 12.7. The van der Waals surface area contributed by atoms with Gasteiger partial charge < -0.3 is 4.18 Å². The number of hydrogen-bond donors (Lipinski definition) is 1. The van der Waals surface area contributed by atoms with Gasteiger partial charge in [0.15, 0.2) is 0 Å². The second-order valence-corrected chi connectivity index (χ2v) is 4.32. The van der Waals surface area contributed by atoms with Crippen molar-refractivity contribution in [3.05, 3.63) is 70.8 Å². The van der Waals surface area contributed by atoms with Crippen LogP contribution in [-0.2, 0) is 10.6 Å². The molecule has 0 unspecified atom stereocenters. The maximum absolute atomic E-state index is 10.9. The van der Waals surface area contributed by atoms with Crippen molar-refractivity contribution >= 4 is 18.9 Å². The van der Waals surface area contributed by atoms with Crippen molar-refractivity contribution in [1.82, 2.24) is 0 Å². The van der Waals surface area contributed by atoms with Gasteiger partial charge in [0.25, 0.3) is 0 Å². The minimum absolute atomic E-state index is 0.411. The first-order chi connectivity index (χ1) is 8.72. The van der Waals surface area contributed by atoms with Gasteiger partial charge in [0.2, 0.25) is 0 Å². The maximum Gasteiger partial charge on any atom is 0.350 e. The molecule has 0 aromatic heterocycles. The lowest BCUT2D eigenvalue weighted by atomic mass is 10.1. The molecule has 0 aliphatic heterocycles. The van der Waals surface area contributed by atoms with Crippen LogP contribution >= 0.6 is 12.9 Å². The third kappa shape index (κ3) is 3.14. The maximum atomic E-state index is 10.9. The molecule has 2 aromatic carbocycles. The number of aryl methyl sites for hydroxylation is 1. The molecule has 0 fully saturated rings. The molecule has 1 aliphatic carbocycles. The van der Waals surface area contributed by atoms with Crippen LogP contribution in [0.25, 0.3) is 0 Å². The van der Waals surface area contributed by atoms with Crippen molar-refractivity contribution in [2.45, 2.75) is 13.3 Å². The number of rotatable bonds is 1. The number of benzene rings is 2. The van der Waals surface area contributed by atoms with E-state index in [1.54, 1.807) is 12.1 Å². The average Bonchev–Trinajstić information content (AvgIpc) is 3.18. The fourth-order valence-electron chi connectivity index (χ4n) is 1.69. The molecule has 0 atom stereocenters. The summed E-state index contributed by atoms with van der Waals surface area (Å²) in [4.78, 5) is 10.9. The standard InChI is InChI=1S/C8H8O2S.C7H6/c1-6-4-2-3-5-7(6)8(9)10-11;1-2-4-7-5-6(7)3-1/h2-5,11H,1H3;1-4H,5H2. The van der Waals surface area contributed by atoms with Crippen LogP contribution in [0, 0.1) is 6.92 Å². The molecule has 0 spiro atoms. The molecular formula is C15H14O2S. The topological polar surface area (TPSA) is 26.3 Å². The summed E-state index contributed by atoms with van der Waals surface area (Å²) in [5.41, 5.74) is 4.51. The molecule has 0 radical (unpaired) electrons. The molecule has 1 aliphatic rings. The lowest BCUT2D eigenvalue weighted by Gasteiger charge is -1.99. The smallest absolute Gasteiger partial charge is 0.350 e. The van der Waals surface area contributed by atoms with Gasteiger partial charge in [-0.15, -0.1) is 0 Å². The Hall–Kier alpha value is -1.74. The Labute approximate surface area is 112 Å². The van der Waals surface area contributed by atoms with E-state index in [-0.39, 0.29) is 0 Å². The third-order valence-corrected chi connectivity index (χ3v) is 2.99. The van der Waals surface area contributed by atoms with E-state index in [4.69, 9.17) is 0 Å². The number of carbonyl (C=O) groups excluding carboxylic acids is 1. The largest absolute Gasteiger partial charge is 0.391 e. The van der Waals surface area contributed by atoms with E-state index in [9.17, 15) is 4.79 Å². The Kier molecular flexibility index (Phi) is 4.05. The van der Waals surface area contributed by atoms with Gasteiger partial charge in [0, 0.05) is 12.9 Å². The molecule has 2 nitrogen and oxygen atoms in total. The second-order valence-electron chi connectivity index (χ2n) is 4.14. The molecule has 2 aromatic rings. The molecule has 3 heteroatoms. The first-order valence-corrected chi connectivity index (χ1v) is 6.07. The van der Waals surface area contributed by atoms with Crippen LogP contribution in [0.5, 0.6) is 0 Å². The Morgan fingerprint density at radius 3 is 2.11 bits per heavy atom. The molecule has 0 bridgehead atoms. The van der Waals surface area contributed by atoms with E-state index < -0.39 is 5.97 Å². The van der Waals surface area contributed by atoms with Crippen LogP contribution in [-0.4, -0.2) is 5.97 Å². The summed E-state index contributed by atoms with van der Waals surface area (Å²) in [6.07, 6.45) is 1.24. The predicted molar refractivity (Wildman–Crippen MR) is 74.8 cm³/mol. The van der Waals surface area contributed by atoms with Crippen molar-refractivity contribution in [3.8, 4) is 0 Å². The first-order valence-electron chi connectivity index (χ1n) is 5.70. The zero-order valence-corrected chi connectivity index (χ0v) is 11.0. The summed E-state index contributed by atoms with van der Waals surface area (Å²) in [5, 5.41) is 0. The SMILES string of the molecule is Cc1ccccc1C(=O)OS.c1ccc2c(c1)C2. The molecule has 92 valence electrons. The number of thiol groups is 1. The fourth-order valence-corrected chi connectivity index (χ4v) is 1.79. The highest BCUT2D eigenvalue weighted by Gasteiger charge is 2.12. The van der Waals surface area contributed by atoms with Gasteiger partial charge in [-0.25, -0.2) is 4.79 Å². The van der Waals surface area contributed by atoms with Gasteiger partial charge in [-0.05, 0) is 36.1 Å². The summed E-state index contributed by atoms with van der Waals surface area (Å²) in [7, 11) is 0. The summed E-state index contributed by atoms with van der Waals surface area (Å²) in [6, 6.07) is 15.7. The molecule has 3 rings (SSSR count). The monoisotopic (exact) mass is 258 g/mol. The Bertz CT molecular complexity index is 543. The van der Waals surface area contributed by atoms with Gasteiger partial charge in [0.05, 0.1) is 5.56 Å². The highest BCUT2D eigenvalue weighted by Crippen LogP contribution is 2.25. The zero-order chi connectivity index (χ0) is 13.0. The number of fused-ring (bicyclic) bond motifs is 1. The second kappa shape index (κ2) is 5.74. The lowest BCUT2D eigenvalue weighted by molar-refractivity contribution is 0.0771. The fraction of sp³-hybridized carbons (Fsp3) is 0.133. The number of carbonyl (C=O) groups is 1. The Balaban J connectivity index is 0.000000146. The summed E-state index contributed by atoms with van der Waals surface area (Å²) >= 11 is 3.42. The van der Waals surface area contributed by atoms with E-state index in [1.807, 2.05) is 19.1 Å². The van der Waals surface area contributed by atoms with Gasteiger partial charge in [-0.3, -0.25) is 0 Å². The van der Waals surface area contributed by atoms with Crippen LogP contribution in [0.15, 0.2) is 48.5 Å². The van der Waals surface area contributed by atoms with Crippen molar-refractivity contribution in [3.63, 3.8) is 0 Å². The number of hydrogen-bond acceptors (Lipinski definition) is 3. The Morgan fingerprint density at radius 1 is 1.06 bits per heavy atom. The van der Waals surface area contributed by atoms with Crippen molar-refractivity contribution in [2.75, 3.05) is 0 Å². The molecule has 0 saturated carbocycles. The molecule has 0 heterocycles.